The summed E-state index contributed by atoms with van der Waals surface area (Å²) in [6.07, 6.45) is -5.38. The molecule has 5 nitrogen and oxygen atoms in total. The summed E-state index contributed by atoms with van der Waals surface area (Å²) in [6, 6.07) is 7.18. The van der Waals surface area contributed by atoms with Gasteiger partial charge in [0.25, 0.3) is 5.91 Å². The standard InChI is InChI=1S/C19H18F4N2O3/c1-18(2,3)28-17(27)25-13-7-8-15(20)14(10-13)16(26)24-12-6-4-5-11(9-12)19(21,22)23/h4-10H,1-3H3,(H,24,26)(H,25,27). The predicted octanol–water partition coefficient (Wildman–Crippen LogP) is 5.44. The number of benzene rings is 2. The van der Waals surface area contributed by atoms with Gasteiger partial charge < -0.3 is 10.1 Å². The largest absolute Gasteiger partial charge is 0.444 e. The summed E-state index contributed by atoms with van der Waals surface area (Å²) in [4.78, 5) is 24.1. The van der Waals surface area contributed by atoms with Crippen LogP contribution in [0, 0.1) is 5.82 Å². The third-order valence-electron chi connectivity index (χ3n) is 3.30. The molecule has 0 unspecified atom stereocenters. The first-order valence-corrected chi connectivity index (χ1v) is 8.13. The quantitative estimate of drug-likeness (QED) is 0.676. The van der Waals surface area contributed by atoms with Gasteiger partial charge in [0.2, 0.25) is 0 Å². The van der Waals surface area contributed by atoms with Crippen LogP contribution in [-0.2, 0) is 10.9 Å². The van der Waals surface area contributed by atoms with Gasteiger partial charge in [-0.1, -0.05) is 6.07 Å². The molecule has 0 aromatic heterocycles. The number of rotatable bonds is 3. The fourth-order valence-electron chi connectivity index (χ4n) is 2.17. The normalized spacial score (nSPS) is 11.7. The Hall–Kier alpha value is -3.10. The van der Waals surface area contributed by atoms with E-state index in [-0.39, 0.29) is 11.4 Å². The number of alkyl halides is 3. The Morgan fingerprint density at radius 3 is 2.18 bits per heavy atom. The third-order valence-corrected chi connectivity index (χ3v) is 3.30. The molecule has 2 rings (SSSR count). The first kappa shape index (κ1) is 21.2. The van der Waals surface area contributed by atoms with Crippen LogP contribution in [0.3, 0.4) is 0 Å². The molecular formula is C19H18F4N2O3. The minimum absolute atomic E-state index is 0.0878. The van der Waals surface area contributed by atoms with Gasteiger partial charge >= 0.3 is 12.3 Å². The van der Waals surface area contributed by atoms with Gasteiger partial charge in [0.15, 0.2) is 0 Å². The Morgan fingerprint density at radius 2 is 1.57 bits per heavy atom. The van der Waals surface area contributed by atoms with E-state index in [1.165, 1.54) is 12.1 Å². The van der Waals surface area contributed by atoms with Gasteiger partial charge in [-0.05, 0) is 57.2 Å². The first-order chi connectivity index (χ1) is 12.8. The Morgan fingerprint density at radius 1 is 0.929 bits per heavy atom. The average Bonchev–Trinajstić information content (AvgIpc) is 2.54. The molecule has 28 heavy (non-hydrogen) atoms. The lowest BCUT2D eigenvalue weighted by atomic mass is 10.1. The second kappa shape index (κ2) is 7.87. The third kappa shape index (κ3) is 5.97. The molecule has 0 aliphatic carbocycles. The Balaban J connectivity index is 2.18. The van der Waals surface area contributed by atoms with Crippen molar-refractivity contribution in [2.75, 3.05) is 10.6 Å². The number of nitrogens with one attached hydrogen (secondary N) is 2. The summed E-state index contributed by atoms with van der Waals surface area (Å²) in [6.45, 7) is 4.97. The van der Waals surface area contributed by atoms with E-state index in [9.17, 15) is 27.2 Å². The van der Waals surface area contributed by atoms with Crippen molar-refractivity contribution in [1.29, 1.82) is 0 Å². The number of anilines is 2. The van der Waals surface area contributed by atoms with Crippen LogP contribution < -0.4 is 10.6 Å². The van der Waals surface area contributed by atoms with E-state index < -0.39 is 40.7 Å². The second-order valence-corrected chi connectivity index (χ2v) is 6.85. The van der Waals surface area contributed by atoms with E-state index >= 15 is 0 Å². The molecule has 150 valence electrons. The lowest BCUT2D eigenvalue weighted by Gasteiger charge is -2.19. The Bertz CT molecular complexity index is 889. The zero-order valence-electron chi connectivity index (χ0n) is 15.3. The van der Waals surface area contributed by atoms with Gasteiger partial charge in [-0.2, -0.15) is 13.2 Å². The fourth-order valence-corrected chi connectivity index (χ4v) is 2.17. The van der Waals surface area contributed by atoms with Gasteiger partial charge in [-0.15, -0.1) is 0 Å². The van der Waals surface area contributed by atoms with Gasteiger partial charge in [0.05, 0.1) is 11.1 Å². The lowest BCUT2D eigenvalue weighted by Crippen LogP contribution is -2.27. The SMILES string of the molecule is CC(C)(C)OC(=O)Nc1ccc(F)c(C(=O)Nc2cccc(C(F)(F)F)c2)c1. The molecule has 2 aromatic carbocycles. The molecule has 2 N–H and O–H groups in total. The Kier molecular flexibility index (Phi) is 5.96. The molecule has 0 saturated carbocycles. The van der Waals surface area contributed by atoms with Crippen molar-refractivity contribution in [3.05, 3.63) is 59.4 Å². The molecule has 2 aromatic rings. The molecule has 0 radical (unpaired) electrons. The molecule has 0 atom stereocenters. The molecule has 0 heterocycles. The van der Waals surface area contributed by atoms with Gasteiger partial charge in [-0.3, -0.25) is 10.1 Å². The summed E-state index contributed by atoms with van der Waals surface area (Å²) < 4.78 is 57.4. The van der Waals surface area contributed by atoms with Crippen molar-refractivity contribution in [2.24, 2.45) is 0 Å². The number of ether oxygens (including phenoxy) is 1. The van der Waals surface area contributed by atoms with E-state index in [2.05, 4.69) is 10.6 Å². The molecule has 0 saturated heterocycles. The number of carbonyl (C=O) groups excluding carboxylic acids is 2. The predicted molar refractivity (Wildman–Crippen MR) is 95.7 cm³/mol. The zero-order valence-corrected chi connectivity index (χ0v) is 15.3. The molecule has 9 heteroatoms. The Labute approximate surface area is 158 Å². The minimum atomic E-state index is -4.58. The van der Waals surface area contributed by atoms with Gasteiger partial charge in [0.1, 0.15) is 11.4 Å². The second-order valence-electron chi connectivity index (χ2n) is 6.85. The van der Waals surface area contributed by atoms with Crippen molar-refractivity contribution < 1.29 is 31.9 Å². The summed E-state index contributed by atoms with van der Waals surface area (Å²) in [7, 11) is 0. The maximum Gasteiger partial charge on any atom is 0.416 e. The monoisotopic (exact) mass is 398 g/mol. The molecule has 2 amide bonds. The molecule has 0 fully saturated rings. The molecular weight excluding hydrogens is 380 g/mol. The van der Waals surface area contributed by atoms with Crippen LogP contribution in [0.25, 0.3) is 0 Å². The summed E-state index contributed by atoms with van der Waals surface area (Å²) in [5, 5.41) is 4.56. The fraction of sp³-hybridized carbons (Fsp3) is 0.263. The van der Waals surface area contributed by atoms with Crippen LogP contribution in [0.5, 0.6) is 0 Å². The highest BCUT2D eigenvalue weighted by molar-refractivity contribution is 6.05. The van der Waals surface area contributed by atoms with E-state index in [1.54, 1.807) is 20.8 Å². The van der Waals surface area contributed by atoms with Crippen molar-refractivity contribution in [1.82, 2.24) is 0 Å². The van der Waals surface area contributed by atoms with Crippen molar-refractivity contribution in [3.63, 3.8) is 0 Å². The van der Waals surface area contributed by atoms with Crippen molar-refractivity contribution in [2.45, 2.75) is 32.5 Å². The number of halogens is 4. The number of hydrogen-bond acceptors (Lipinski definition) is 3. The lowest BCUT2D eigenvalue weighted by molar-refractivity contribution is -0.137. The van der Waals surface area contributed by atoms with Crippen LogP contribution in [0.2, 0.25) is 0 Å². The molecule has 0 aliphatic heterocycles. The summed E-state index contributed by atoms with van der Waals surface area (Å²) in [5.41, 5.74) is -2.22. The van der Waals surface area contributed by atoms with E-state index in [1.807, 2.05) is 0 Å². The topological polar surface area (TPSA) is 67.4 Å². The van der Waals surface area contributed by atoms with Gasteiger partial charge in [-0.25, -0.2) is 9.18 Å². The van der Waals surface area contributed by atoms with Crippen molar-refractivity contribution >= 4 is 23.4 Å². The highest BCUT2D eigenvalue weighted by Gasteiger charge is 2.30. The maximum absolute atomic E-state index is 14.0. The minimum Gasteiger partial charge on any atom is -0.444 e. The van der Waals surface area contributed by atoms with Crippen LogP contribution >= 0.6 is 0 Å². The summed E-state index contributed by atoms with van der Waals surface area (Å²) >= 11 is 0. The van der Waals surface area contributed by atoms with E-state index in [0.717, 1.165) is 30.3 Å². The number of hydrogen-bond donors (Lipinski definition) is 2. The highest BCUT2D eigenvalue weighted by atomic mass is 19.4. The highest BCUT2D eigenvalue weighted by Crippen LogP contribution is 2.30. The molecule has 0 bridgehead atoms. The van der Waals surface area contributed by atoms with E-state index in [4.69, 9.17) is 4.74 Å². The summed E-state index contributed by atoms with van der Waals surface area (Å²) in [5.74, 6) is -1.87. The van der Waals surface area contributed by atoms with Gasteiger partial charge in [0, 0.05) is 11.4 Å². The maximum atomic E-state index is 14.0. The molecule has 0 aliphatic rings. The van der Waals surface area contributed by atoms with Crippen LogP contribution in [0.15, 0.2) is 42.5 Å². The number of carbonyl (C=O) groups is 2. The number of amides is 2. The first-order valence-electron chi connectivity index (χ1n) is 8.13. The van der Waals surface area contributed by atoms with Crippen LogP contribution in [0.1, 0.15) is 36.7 Å². The van der Waals surface area contributed by atoms with Crippen LogP contribution in [-0.4, -0.2) is 17.6 Å². The van der Waals surface area contributed by atoms with E-state index in [0.29, 0.717) is 0 Å². The zero-order chi connectivity index (χ0) is 21.1. The molecule has 0 spiro atoms. The smallest absolute Gasteiger partial charge is 0.416 e. The van der Waals surface area contributed by atoms with Crippen LogP contribution in [0.4, 0.5) is 33.7 Å². The average molecular weight is 398 g/mol. The van der Waals surface area contributed by atoms with Crippen molar-refractivity contribution in [3.8, 4) is 0 Å².